The third-order valence-electron chi connectivity index (χ3n) is 4.44. The van der Waals surface area contributed by atoms with Crippen LogP contribution in [0, 0.1) is 0 Å². The third kappa shape index (κ3) is 2.33. The summed E-state index contributed by atoms with van der Waals surface area (Å²) >= 11 is 0. The molecule has 1 atom stereocenters. The molecule has 7 heteroatoms. The van der Waals surface area contributed by atoms with Gasteiger partial charge in [0.1, 0.15) is 17.9 Å². The number of amides is 4. The number of benzene rings is 1. The van der Waals surface area contributed by atoms with E-state index in [1.54, 1.807) is 19.1 Å². The standard InChI is InChI=1S/C17H17N3O4/c1-17(13-8-10-4-2-3-5-12(10)24-13)15(22)20(16(23)19-17)9-14(21)18-11-6-7-11/h2-5,8,11H,6-7,9H2,1H3,(H,18,21)(H,19,23)/t17-/m1/s1. The van der Waals surface area contributed by atoms with E-state index in [0.29, 0.717) is 11.3 Å². The molecule has 1 aromatic heterocycles. The normalized spacial score (nSPS) is 23.6. The van der Waals surface area contributed by atoms with Gasteiger partial charge in [-0.05, 0) is 31.9 Å². The molecule has 1 saturated heterocycles. The largest absolute Gasteiger partial charge is 0.458 e. The van der Waals surface area contributed by atoms with Crippen molar-refractivity contribution in [2.45, 2.75) is 31.3 Å². The van der Waals surface area contributed by atoms with Crippen LogP contribution in [0.1, 0.15) is 25.5 Å². The summed E-state index contributed by atoms with van der Waals surface area (Å²) in [7, 11) is 0. The highest BCUT2D eigenvalue weighted by Gasteiger charge is 2.51. The fourth-order valence-electron chi connectivity index (χ4n) is 2.88. The van der Waals surface area contributed by atoms with Crippen LogP contribution in [-0.4, -0.2) is 35.3 Å². The number of rotatable bonds is 4. The van der Waals surface area contributed by atoms with E-state index in [0.717, 1.165) is 23.1 Å². The SMILES string of the molecule is C[C@]1(c2cc3ccccc3o2)NC(=O)N(CC(=O)NC2CC2)C1=O. The van der Waals surface area contributed by atoms with Gasteiger partial charge in [-0.1, -0.05) is 18.2 Å². The van der Waals surface area contributed by atoms with Crippen molar-refractivity contribution in [3.05, 3.63) is 36.1 Å². The molecule has 1 aromatic carbocycles. The third-order valence-corrected chi connectivity index (χ3v) is 4.44. The molecule has 2 fully saturated rings. The summed E-state index contributed by atoms with van der Waals surface area (Å²) in [4.78, 5) is 37.8. The van der Waals surface area contributed by atoms with Crippen LogP contribution < -0.4 is 10.6 Å². The Morgan fingerprint density at radius 1 is 1.38 bits per heavy atom. The minimum atomic E-state index is -1.31. The Morgan fingerprint density at radius 3 is 2.83 bits per heavy atom. The predicted octanol–water partition coefficient (Wildman–Crippen LogP) is 1.48. The molecule has 7 nitrogen and oxygen atoms in total. The second kappa shape index (κ2) is 5.09. The minimum Gasteiger partial charge on any atom is -0.458 e. The van der Waals surface area contributed by atoms with Gasteiger partial charge in [0, 0.05) is 11.4 Å². The summed E-state index contributed by atoms with van der Waals surface area (Å²) in [6, 6.07) is 8.70. The average Bonchev–Trinajstić information content (AvgIpc) is 3.19. The van der Waals surface area contributed by atoms with Gasteiger partial charge in [0.05, 0.1) is 0 Å². The zero-order valence-electron chi connectivity index (χ0n) is 13.2. The molecule has 0 spiro atoms. The Hall–Kier alpha value is -2.83. The second-order valence-corrected chi connectivity index (χ2v) is 6.44. The van der Waals surface area contributed by atoms with Crippen molar-refractivity contribution in [3.63, 3.8) is 0 Å². The Labute approximate surface area is 138 Å². The van der Waals surface area contributed by atoms with E-state index in [9.17, 15) is 14.4 Å². The number of carbonyl (C=O) groups excluding carboxylic acids is 3. The number of urea groups is 1. The van der Waals surface area contributed by atoms with Crippen molar-refractivity contribution >= 4 is 28.8 Å². The number of para-hydroxylation sites is 1. The number of hydrogen-bond acceptors (Lipinski definition) is 4. The monoisotopic (exact) mass is 327 g/mol. The van der Waals surface area contributed by atoms with E-state index < -0.39 is 17.5 Å². The van der Waals surface area contributed by atoms with E-state index in [4.69, 9.17) is 4.42 Å². The lowest BCUT2D eigenvalue weighted by atomic mass is 9.99. The highest BCUT2D eigenvalue weighted by atomic mass is 16.3. The lowest BCUT2D eigenvalue weighted by molar-refractivity contribution is -0.135. The molecule has 0 bridgehead atoms. The smallest absolute Gasteiger partial charge is 0.325 e. The molecule has 1 aliphatic carbocycles. The molecule has 2 N–H and O–H groups in total. The molecule has 2 heterocycles. The summed E-state index contributed by atoms with van der Waals surface area (Å²) in [6.45, 7) is 1.31. The van der Waals surface area contributed by atoms with Crippen LogP contribution in [0.2, 0.25) is 0 Å². The van der Waals surface area contributed by atoms with E-state index >= 15 is 0 Å². The number of imide groups is 1. The maximum atomic E-state index is 12.8. The van der Waals surface area contributed by atoms with Gasteiger partial charge in [0.2, 0.25) is 5.91 Å². The molecule has 2 aromatic rings. The van der Waals surface area contributed by atoms with Crippen molar-refractivity contribution in [2.75, 3.05) is 6.54 Å². The second-order valence-electron chi connectivity index (χ2n) is 6.44. The van der Waals surface area contributed by atoms with Gasteiger partial charge in [-0.15, -0.1) is 0 Å². The summed E-state index contributed by atoms with van der Waals surface area (Å²) in [6.07, 6.45) is 1.89. The van der Waals surface area contributed by atoms with Crippen molar-refractivity contribution in [3.8, 4) is 0 Å². The molecule has 0 unspecified atom stereocenters. The van der Waals surface area contributed by atoms with Crippen LogP contribution >= 0.6 is 0 Å². The summed E-state index contributed by atoms with van der Waals surface area (Å²) in [5, 5.41) is 6.27. The van der Waals surface area contributed by atoms with Gasteiger partial charge in [0.25, 0.3) is 5.91 Å². The summed E-state index contributed by atoms with van der Waals surface area (Å²) in [5.41, 5.74) is -0.670. The average molecular weight is 327 g/mol. The zero-order valence-corrected chi connectivity index (χ0v) is 13.2. The molecule has 124 valence electrons. The number of fused-ring (bicyclic) bond motifs is 1. The molecule has 4 rings (SSSR count). The minimum absolute atomic E-state index is 0.181. The van der Waals surface area contributed by atoms with Crippen LogP contribution in [0.5, 0.6) is 0 Å². The van der Waals surface area contributed by atoms with Gasteiger partial charge < -0.3 is 15.1 Å². The van der Waals surface area contributed by atoms with Crippen molar-refractivity contribution in [2.24, 2.45) is 0 Å². The molecule has 1 aliphatic heterocycles. The molecule has 1 saturated carbocycles. The quantitative estimate of drug-likeness (QED) is 0.832. The first-order valence-corrected chi connectivity index (χ1v) is 7.90. The van der Waals surface area contributed by atoms with E-state index in [1.165, 1.54) is 0 Å². The Balaban J connectivity index is 1.59. The molecule has 2 aliphatic rings. The first-order chi connectivity index (χ1) is 11.5. The molecule has 4 amide bonds. The van der Waals surface area contributed by atoms with Crippen LogP contribution in [0.15, 0.2) is 34.7 Å². The lowest BCUT2D eigenvalue weighted by Gasteiger charge is -2.18. The van der Waals surface area contributed by atoms with Gasteiger partial charge in [-0.25, -0.2) is 4.79 Å². The maximum absolute atomic E-state index is 12.8. The van der Waals surface area contributed by atoms with Gasteiger partial charge >= 0.3 is 6.03 Å². The van der Waals surface area contributed by atoms with Gasteiger partial charge in [-0.3, -0.25) is 14.5 Å². The molecule has 24 heavy (non-hydrogen) atoms. The van der Waals surface area contributed by atoms with Gasteiger partial charge in [0.15, 0.2) is 5.54 Å². The topological polar surface area (TPSA) is 91.7 Å². The van der Waals surface area contributed by atoms with Gasteiger partial charge in [-0.2, -0.15) is 0 Å². The van der Waals surface area contributed by atoms with Crippen LogP contribution in [0.25, 0.3) is 11.0 Å². The van der Waals surface area contributed by atoms with E-state index in [1.807, 2.05) is 18.2 Å². The maximum Gasteiger partial charge on any atom is 0.325 e. The van der Waals surface area contributed by atoms with E-state index in [2.05, 4.69) is 10.6 Å². The molecule has 0 radical (unpaired) electrons. The van der Waals surface area contributed by atoms with Crippen molar-refractivity contribution in [1.82, 2.24) is 15.5 Å². The zero-order chi connectivity index (χ0) is 16.9. The van der Waals surface area contributed by atoms with Crippen LogP contribution in [0.4, 0.5) is 4.79 Å². The fourth-order valence-corrected chi connectivity index (χ4v) is 2.88. The van der Waals surface area contributed by atoms with E-state index in [-0.39, 0.29) is 18.5 Å². The Morgan fingerprint density at radius 2 is 2.12 bits per heavy atom. The van der Waals surface area contributed by atoms with Crippen LogP contribution in [-0.2, 0) is 15.1 Å². The fraction of sp³-hybridized carbons (Fsp3) is 0.353. The Bertz CT molecular complexity index is 821. The highest BCUT2D eigenvalue weighted by Crippen LogP contribution is 2.32. The summed E-state index contributed by atoms with van der Waals surface area (Å²) in [5.74, 6) is -0.459. The number of hydrogen-bond donors (Lipinski definition) is 2. The van der Waals surface area contributed by atoms with Crippen molar-refractivity contribution in [1.29, 1.82) is 0 Å². The highest BCUT2D eigenvalue weighted by molar-refractivity contribution is 6.09. The molecular weight excluding hydrogens is 310 g/mol. The first kappa shape index (κ1) is 14.7. The number of nitrogens with one attached hydrogen (secondary N) is 2. The van der Waals surface area contributed by atoms with Crippen molar-refractivity contribution < 1.29 is 18.8 Å². The van der Waals surface area contributed by atoms with Crippen LogP contribution in [0.3, 0.4) is 0 Å². The lowest BCUT2D eigenvalue weighted by Crippen LogP contribution is -2.43. The Kier molecular flexibility index (Phi) is 3.13. The first-order valence-electron chi connectivity index (χ1n) is 7.90. The number of furan rings is 1. The number of nitrogens with zero attached hydrogens (tertiary/aromatic N) is 1. The summed E-state index contributed by atoms with van der Waals surface area (Å²) < 4.78 is 5.74. The molecular formula is C17H17N3O4. The predicted molar refractivity (Wildman–Crippen MR) is 85.0 cm³/mol. The number of carbonyl (C=O) groups is 3.